The number of nitrogens with zero attached hydrogens (tertiary/aromatic N) is 2. The molecule has 0 spiro atoms. The third-order valence-corrected chi connectivity index (χ3v) is 4.15. The molecule has 102 valence electrons. The highest BCUT2D eigenvalue weighted by atomic mass is 35.5. The molecule has 0 saturated heterocycles. The third-order valence-electron chi connectivity index (χ3n) is 3.01. The van der Waals surface area contributed by atoms with Crippen molar-refractivity contribution in [3.05, 3.63) is 5.01 Å². The molecule has 1 fully saturated rings. The second-order valence-electron chi connectivity index (χ2n) is 4.86. The molecule has 2 unspecified atom stereocenters. The molecule has 0 radical (unpaired) electrons. The first-order valence-electron chi connectivity index (χ1n) is 5.96. The summed E-state index contributed by atoms with van der Waals surface area (Å²) < 4.78 is 0. The summed E-state index contributed by atoms with van der Waals surface area (Å²) in [5, 5.41) is 12.4. The average molecular weight is 291 g/mol. The van der Waals surface area contributed by atoms with Crippen molar-refractivity contribution in [1.82, 2.24) is 10.2 Å². The Balaban J connectivity index is 0.00000162. The highest BCUT2D eigenvalue weighted by molar-refractivity contribution is 7.15. The third kappa shape index (κ3) is 3.63. The van der Waals surface area contributed by atoms with Gasteiger partial charge in [-0.1, -0.05) is 25.2 Å². The summed E-state index contributed by atoms with van der Waals surface area (Å²) in [5.74, 6) is 0.416. The van der Waals surface area contributed by atoms with Gasteiger partial charge in [0.25, 0.3) is 0 Å². The van der Waals surface area contributed by atoms with E-state index in [1.807, 2.05) is 0 Å². The number of nitrogens with two attached hydrogens (primary N) is 1. The Morgan fingerprint density at radius 1 is 1.44 bits per heavy atom. The van der Waals surface area contributed by atoms with Crippen LogP contribution in [0.5, 0.6) is 0 Å². The van der Waals surface area contributed by atoms with E-state index in [0.717, 1.165) is 24.3 Å². The highest BCUT2D eigenvalue weighted by Gasteiger charge is 2.28. The molecule has 2 atom stereocenters. The molecule has 18 heavy (non-hydrogen) atoms. The first-order chi connectivity index (χ1) is 8.06. The molecule has 1 aliphatic rings. The van der Waals surface area contributed by atoms with Crippen molar-refractivity contribution in [2.45, 2.75) is 45.1 Å². The lowest BCUT2D eigenvalue weighted by Crippen LogP contribution is -2.23. The predicted octanol–water partition coefficient (Wildman–Crippen LogP) is 2.15. The smallest absolute Gasteiger partial charge is 0.229 e. The van der Waals surface area contributed by atoms with Gasteiger partial charge in [-0.25, -0.2) is 0 Å². The van der Waals surface area contributed by atoms with Gasteiger partial charge in [0.1, 0.15) is 5.01 Å². The SMILES string of the molecule is CC(C)c1nnc(NC(=O)C2CCC(N)C2)s1.Cl. The Bertz CT molecular complexity index is 410. The Morgan fingerprint density at radius 3 is 2.67 bits per heavy atom. The van der Waals surface area contributed by atoms with Crippen LogP contribution in [0.3, 0.4) is 0 Å². The Morgan fingerprint density at radius 2 is 2.17 bits per heavy atom. The summed E-state index contributed by atoms with van der Waals surface area (Å²) in [6.07, 6.45) is 2.59. The fraction of sp³-hybridized carbons (Fsp3) is 0.727. The van der Waals surface area contributed by atoms with E-state index in [2.05, 4.69) is 29.4 Å². The second kappa shape index (κ2) is 6.45. The molecule has 0 aromatic carbocycles. The van der Waals surface area contributed by atoms with Crippen molar-refractivity contribution in [3.8, 4) is 0 Å². The van der Waals surface area contributed by atoms with Gasteiger partial charge in [-0.15, -0.1) is 22.6 Å². The zero-order valence-electron chi connectivity index (χ0n) is 10.5. The number of hydrogen-bond acceptors (Lipinski definition) is 5. The summed E-state index contributed by atoms with van der Waals surface area (Å²) in [7, 11) is 0. The molecule has 1 aromatic heterocycles. The van der Waals surface area contributed by atoms with Crippen LogP contribution < -0.4 is 11.1 Å². The zero-order chi connectivity index (χ0) is 12.4. The molecule has 1 saturated carbocycles. The number of carbonyl (C=O) groups is 1. The molecule has 1 aromatic rings. The topological polar surface area (TPSA) is 80.9 Å². The van der Waals surface area contributed by atoms with Gasteiger partial charge in [-0.3, -0.25) is 4.79 Å². The molecule has 3 N–H and O–H groups in total. The molecular formula is C11H19ClN4OS. The van der Waals surface area contributed by atoms with Crippen LogP contribution in [0.2, 0.25) is 0 Å². The minimum absolute atomic E-state index is 0. The Labute approximate surface area is 117 Å². The molecule has 5 nitrogen and oxygen atoms in total. The van der Waals surface area contributed by atoms with Crippen molar-refractivity contribution in [3.63, 3.8) is 0 Å². The van der Waals surface area contributed by atoms with Gasteiger partial charge in [0.15, 0.2) is 0 Å². The summed E-state index contributed by atoms with van der Waals surface area (Å²) in [6.45, 7) is 4.12. The molecule has 1 heterocycles. The van der Waals surface area contributed by atoms with Crippen molar-refractivity contribution >= 4 is 34.8 Å². The summed E-state index contributed by atoms with van der Waals surface area (Å²) >= 11 is 1.44. The number of rotatable bonds is 3. The molecule has 1 aliphatic carbocycles. The number of hydrogen-bond donors (Lipinski definition) is 2. The van der Waals surface area contributed by atoms with Crippen molar-refractivity contribution in [2.24, 2.45) is 11.7 Å². The minimum Gasteiger partial charge on any atom is -0.328 e. The van der Waals surface area contributed by atoms with Crippen LogP contribution in [0.1, 0.15) is 44.0 Å². The molecule has 0 aliphatic heterocycles. The standard InChI is InChI=1S/C11H18N4OS.ClH/c1-6(2)10-14-15-11(17-10)13-9(16)7-3-4-8(12)5-7;/h6-8H,3-5,12H2,1-2H3,(H,13,15,16);1H. The maximum atomic E-state index is 11.9. The number of anilines is 1. The van der Waals surface area contributed by atoms with Crippen LogP contribution in [0, 0.1) is 5.92 Å². The molecule has 2 rings (SSSR count). The van der Waals surface area contributed by atoms with E-state index >= 15 is 0 Å². The Kier molecular flexibility index (Phi) is 5.49. The fourth-order valence-corrected chi connectivity index (χ4v) is 2.73. The molecule has 1 amide bonds. The maximum Gasteiger partial charge on any atom is 0.229 e. The lowest BCUT2D eigenvalue weighted by molar-refractivity contribution is -0.119. The van der Waals surface area contributed by atoms with E-state index in [9.17, 15) is 4.79 Å². The van der Waals surface area contributed by atoms with Crippen LogP contribution in [0.15, 0.2) is 0 Å². The van der Waals surface area contributed by atoms with Gasteiger partial charge in [0.2, 0.25) is 11.0 Å². The van der Waals surface area contributed by atoms with Gasteiger partial charge in [0, 0.05) is 17.9 Å². The lowest BCUT2D eigenvalue weighted by atomic mass is 10.1. The number of aromatic nitrogens is 2. The summed E-state index contributed by atoms with van der Waals surface area (Å²) in [4.78, 5) is 11.9. The largest absolute Gasteiger partial charge is 0.328 e. The minimum atomic E-state index is 0. The second-order valence-corrected chi connectivity index (χ2v) is 5.87. The Hall–Kier alpha value is -0.720. The van der Waals surface area contributed by atoms with E-state index in [0.29, 0.717) is 11.0 Å². The van der Waals surface area contributed by atoms with Gasteiger partial charge in [-0.2, -0.15) is 0 Å². The predicted molar refractivity (Wildman–Crippen MR) is 75.2 cm³/mol. The van der Waals surface area contributed by atoms with Crippen molar-refractivity contribution in [1.29, 1.82) is 0 Å². The van der Waals surface area contributed by atoms with E-state index in [1.54, 1.807) is 0 Å². The number of amides is 1. The van der Waals surface area contributed by atoms with Crippen LogP contribution in [0.25, 0.3) is 0 Å². The number of nitrogens with one attached hydrogen (secondary N) is 1. The number of carbonyl (C=O) groups excluding carboxylic acids is 1. The molecule has 7 heteroatoms. The van der Waals surface area contributed by atoms with Crippen molar-refractivity contribution < 1.29 is 4.79 Å². The maximum absolute atomic E-state index is 11.9. The first-order valence-corrected chi connectivity index (χ1v) is 6.77. The van der Waals surface area contributed by atoms with Crippen LogP contribution in [-0.2, 0) is 4.79 Å². The molecule has 0 bridgehead atoms. The lowest BCUT2D eigenvalue weighted by Gasteiger charge is -2.07. The van der Waals surface area contributed by atoms with Crippen LogP contribution in [0.4, 0.5) is 5.13 Å². The van der Waals surface area contributed by atoms with Crippen LogP contribution >= 0.6 is 23.7 Å². The van der Waals surface area contributed by atoms with Gasteiger partial charge < -0.3 is 11.1 Å². The fourth-order valence-electron chi connectivity index (χ4n) is 1.98. The monoisotopic (exact) mass is 290 g/mol. The highest BCUT2D eigenvalue weighted by Crippen LogP contribution is 2.27. The van der Waals surface area contributed by atoms with E-state index in [-0.39, 0.29) is 30.3 Å². The zero-order valence-corrected chi connectivity index (χ0v) is 12.2. The van der Waals surface area contributed by atoms with Crippen LogP contribution in [-0.4, -0.2) is 22.1 Å². The van der Waals surface area contributed by atoms with Crippen molar-refractivity contribution in [2.75, 3.05) is 5.32 Å². The van der Waals surface area contributed by atoms with E-state index in [1.165, 1.54) is 11.3 Å². The summed E-state index contributed by atoms with van der Waals surface area (Å²) in [5.41, 5.74) is 5.79. The summed E-state index contributed by atoms with van der Waals surface area (Å²) in [6, 6.07) is 0.173. The van der Waals surface area contributed by atoms with E-state index < -0.39 is 0 Å². The quantitative estimate of drug-likeness (QED) is 0.894. The normalized spacial score (nSPS) is 22.9. The van der Waals surface area contributed by atoms with Gasteiger partial charge >= 0.3 is 0 Å². The first kappa shape index (κ1) is 15.3. The number of halogens is 1. The van der Waals surface area contributed by atoms with E-state index in [4.69, 9.17) is 5.73 Å². The average Bonchev–Trinajstić information content (AvgIpc) is 2.86. The van der Waals surface area contributed by atoms with Gasteiger partial charge in [-0.05, 0) is 19.3 Å². The van der Waals surface area contributed by atoms with Gasteiger partial charge in [0.05, 0.1) is 0 Å². The molecular weight excluding hydrogens is 272 g/mol.